The van der Waals surface area contributed by atoms with E-state index in [1.807, 2.05) is 30.3 Å². The van der Waals surface area contributed by atoms with Gasteiger partial charge in [0, 0.05) is 0 Å². The monoisotopic (exact) mass is 276 g/mol. The van der Waals surface area contributed by atoms with Crippen molar-refractivity contribution in [2.24, 2.45) is 5.92 Å². The Bertz CT molecular complexity index is 307. The van der Waals surface area contributed by atoms with Crippen molar-refractivity contribution in [3.63, 3.8) is 0 Å². The van der Waals surface area contributed by atoms with Gasteiger partial charge >= 0.3 is 0 Å². The van der Waals surface area contributed by atoms with Crippen molar-refractivity contribution in [2.45, 2.75) is 71.6 Å². The Labute approximate surface area is 125 Å². The van der Waals surface area contributed by atoms with Gasteiger partial charge in [-0.3, -0.25) is 0 Å². The van der Waals surface area contributed by atoms with Gasteiger partial charge in [0.25, 0.3) is 0 Å². The minimum absolute atomic E-state index is 0.859. The van der Waals surface area contributed by atoms with Crippen molar-refractivity contribution >= 4 is 0 Å². The van der Waals surface area contributed by atoms with E-state index in [-0.39, 0.29) is 0 Å². The highest BCUT2D eigenvalue weighted by molar-refractivity contribution is 5.20. The Morgan fingerprint density at radius 1 is 0.850 bits per heavy atom. The molecule has 0 radical (unpaired) electrons. The third-order valence-electron chi connectivity index (χ3n) is 4.05. The van der Waals surface area contributed by atoms with Gasteiger partial charge in [0.05, 0.1) is 6.61 Å². The number of unbranched alkanes of at least 4 members (excludes halogenated alkanes) is 6. The van der Waals surface area contributed by atoms with E-state index < -0.39 is 0 Å². The van der Waals surface area contributed by atoms with Crippen LogP contribution in [0.25, 0.3) is 0 Å². The van der Waals surface area contributed by atoms with Crippen LogP contribution in [0.2, 0.25) is 0 Å². The maximum absolute atomic E-state index is 5.69. The van der Waals surface area contributed by atoms with Gasteiger partial charge in [0.15, 0.2) is 0 Å². The van der Waals surface area contributed by atoms with Crippen LogP contribution in [0.15, 0.2) is 30.3 Å². The highest BCUT2D eigenvalue weighted by atomic mass is 16.5. The molecule has 1 heteroatoms. The molecule has 0 aliphatic heterocycles. The number of hydrogen-bond donors (Lipinski definition) is 0. The normalized spacial score (nSPS) is 12.3. The maximum Gasteiger partial charge on any atom is 0.119 e. The number of hydrogen-bond acceptors (Lipinski definition) is 1. The first-order valence-corrected chi connectivity index (χ1v) is 8.50. The first kappa shape index (κ1) is 17.1. The Hall–Kier alpha value is -0.980. The third kappa shape index (κ3) is 9.01. The lowest BCUT2D eigenvalue weighted by atomic mass is 10.00. The first-order chi connectivity index (χ1) is 9.83. The summed E-state index contributed by atoms with van der Waals surface area (Å²) in [5.74, 6) is 1.92. The van der Waals surface area contributed by atoms with Crippen molar-refractivity contribution < 1.29 is 4.74 Å². The lowest BCUT2D eigenvalue weighted by Gasteiger charge is -2.07. The van der Waals surface area contributed by atoms with Crippen molar-refractivity contribution in [3.8, 4) is 5.75 Å². The molecule has 20 heavy (non-hydrogen) atoms. The van der Waals surface area contributed by atoms with Gasteiger partial charge < -0.3 is 4.74 Å². The molecule has 0 spiro atoms. The molecule has 1 unspecified atom stereocenters. The van der Waals surface area contributed by atoms with Crippen LogP contribution in [0.1, 0.15) is 71.6 Å². The van der Waals surface area contributed by atoms with Crippen LogP contribution in [0.4, 0.5) is 0 Å². The zero-order valence-corrected chi connectivity index (χ0v) is 13.4. The van der Waals surface area contributed by atoms with Gasteiger partial charge in [-0.2, -0.15) is 0 Å². The molecule has 0 N–H and O–H groups in total. The molecule has 0 bridgehead atoms. The molecule has 0 fully saturated rings. The first-order valence-electron chi connectivity index (χ1n) is 8.50. The molecule has 0 saturated heterocycles. The van der Waals surface area contributed by atoms with E-state index in [1.54, 1.807) is 0 Å². The van der Waals surface area contributed by atoms with E-state index in [4.69, 9.17) is 4.74 Å². The Kier molecular flexibility index (Phi) is 10.1. The van der Waals surface area contributed by atoms with Crippen molar-refractivity contribution in [1.82, 2.24) is 0 Å². The summed E-state index contributed by atoms with van der Waals surface area (Å²) in [6.07, 6.45) is 12.3. The zero-order valence-electron chi connectivity index (χ0n) is 13.4. The minimum atomic E-state index is 0.859. The third-order valence-corrected chi connectivity index (χ3v) is 4.05. The fourth-order valence-electron chi connectivity index (χ4n) is 2.39. The van der Waals surface area contributed by atoms with E-state index >= 15 is 0 Å². The summed E-state index contributed by atoms with van der Waals surface area (Å²) in [7, 11) is 0. The Balaban J connectivity index is 1.81. The molecule has 1 rings (SSSR count). The van der Waals surface area contributed by atoms with Gasteiger partial charge in [-0.15, -0.1) is 0 Å². The second kappa shape index (κ2) is 11.8. The Morgan fingerprint density at radius 2 is 1.45 bits per heavy atom. The van der Waals surface area contributed by atoms with Crippen LogP contribution in [-0.4, -0.2) is 6.61 Å². The van der Waals surface area contributed by atoms with Gasteiger partial charge in [-0.25, -0.2) is 0 Å². The molecular formula is C19H32O. The molecule has 0 aliphatic rings. The second-order valence-corrected chi connectivity index (χ2v) is 5.94. The largest absolute Gasteiger partial charge is 0.494 e. The van der Waals surface area contributed by atoms with Crippen LogP contribution >= 0.6 is 0 Å². The molecule has 0 heterocycles. The van der Waals surface area contributed by atoms with E-state index in [9.17, 15) is 0 Å². The summed E-state index contributed by atoms with van der Waals surface area (Å²) in [6, 6.07) is 10.1. The van der Waals surface area contributed by atoms with E-state index in [2.05, 4.69) is 13.8 Å². The average Bonchev–Trinajstić information content (AvgIpc) is 2.50. The molecule has 1 nitrogen and oxygen atoms in total. The maximum atomic E-state index is 5.69. The van der Waals surface area contributed by atoms with E-state index in [0.717, 1.165) is 18.3 Å². The summed E-state index contributed by atoms with van der Waals surface area (Å²) in [4.78, 5) is 0. The summed E-state index contributed by atoms with van der Waals surface area (Å²) < 4.78 is 5.69. The molecule has 0 amide bonds. The molecular weight excluding hydrogens is 244 g/mol. The van der Waals surface area contributed by atoms with E-state index in [0.29, 0.717) is 0 Å². The van der Waals surface area contributed by atoms with Crippen LogP contribution in [0, 0.1) is 5.92 Å². The molecule has 1 aromatic rings. The predicted molar refractivity (Wildman–Crippen MR) is 88.3 cm³/mol. The second-order valence-electron chi connectivity index (χ2n) is 5.94. The minimum Gasteiger partial charge on any atom is -0.494 e. The van der Waals surface area contributed by atoms with Gasteiger partial charge in [-0.05, 0) is 24.5 Å². The van der Waals surface area contributed by atoms with Gasteiger partial charge in [0.1, 0.15) is 5.75 Å². The smallest absolute Gasteiger partial charge is 0.119 e. The number of benzene rings is 1. The van der Waals surface area contributed by atoms with Crippen molar-refractivity contribution in [1.29, 1.82) is 0 Å². The van der Waals surface area contributed by atoms with Crippen LogP contribution < -0.4 is 4.74 Å². The quantitative estimate of drug-likeness (QED) is 0.411. The Morgan fingerprint density at radius 3 is 2.10 bits per heavy atom. The number of para-hydroxylation sites is 1. The molecule has 0 saturated carbocycles. The average molecular weight is 276 g/mol. The summed E-state index contributed by atoms with van der Waals surface area (Å²) in [6.45, 7) is 5.52. The highest BCUT2D eigenvalue weighted by Crippen LogP contribution is 2.15. The molecule has 114 valence electrons. The fraction of sp³-hybridized carbons (Fsp3) is 0.684. The molecule has 0 aromatic heterocycles. The topological polar surface area (TPSA) is 9.23 Å². The molecule has 1 aromatic carbocycles. The summed E-state index contributed by atoms with van der Waals surface area (Å²) in [5.41, 5.74) is 0. The van der Waals surface area contributed by atoms with Crippen molar-refractivity contribution in [2.75, 3.05) is 6.61 Å². The van der Waals surface area contributed by atoms with Gasteiger partial charge in [-0.1, -0.05) is 83.4 Å². The predicted octanol–water partition coefficient (Wildman–Crippen LogP) is 6.23. The standard InChI is InChI=1S/C19H32O/c1-3-18(2)14-10-7-5-4-6-8-13-17-20-19-15-11-9-12-16-19/h9,11-12,15-16,18H,3-8,10,13-14,17H2,1-2H3. The van der Waals surface area contributed by atoms with Crippen LogP contribution in [-0.2, 0) is 0 Å². The van der Waals surface area contributed by atoms with E-state index in [1.165, 1.54) is 57.8 Å². The number of rotatable bonds is 12. The fourth-order valence-corrected chi connectivity index (χ4v) is 2.39. The zero-order chi connectivity index (χ0) is 14.5. The van der Waals surface area contributed by atoms with Crippen LogP contribution in [0.3, 0.4) is 0 Å². The SMILES string of the molecule is CCC(C)CCCCCCCCCOc1ccccc1. The molecule has 1 atom stereocenters. The van der Waals surface area contributed by atoms with Crippen molar-refractivity contribution in [3.05, 3.63) is 30.3 Å². The summed E-state index contributed by atoms with van der Waals surface area (Å²) in [5, 5.41) is 0. The summed E-state index contributed by atoms with van der Waals surface area (Å²) >= 11 is 0. The van der Waals surface area contributed by atoms with Gasteiger partial charge in [0.2, 0.25) is 0 Å². The lowest BCUT2D eigenvalue weighted by molar-refractivity contribution is 0.304. The highest BCUT2D eigenvalue weighted by Gasteiger charge is 1.98. The number of ether oxygens (including phenoxy) is 1. The van der Waals surface area contributed by atoms with Crippen LogP contribution in [0.5, 0.6) is 5.75 Å². The molecule has 0 aliphatic carbocycles. The lowest BCUT2D eigenvalue weighted by Crippen LogP contribution is -1.96.